The fourth-order valence-corrected chi connectivity index (χ4v) is 8.11. The van der Waals surface area contributed by atoms with Gasteiger partial charge >= 0.3 is 0 Å². The zero-order valence-corrected chi connectivity index (χ0v) is 16.1. The Hall–Kier alpha value is -0.0800. The Bertz CT molecular complexity index is 494. The van der Waals surface area contributed by atoms with Crippen molar-refractivity contribution in [3.63, 3.8) is 0 Å². The maximum Gasteiger partial charge on any atom is 0.0712 e. The zero-order chi connectivity index (χ0) is 17.2. The van der Waals surface area contributed by atoms with Crippen LogP contribution in [0.15, 0.2) is 0 Å². The first-order chi connectivity index (χ1) is 11.4. The molecule has 24 heavy (non-hydrogen) atoms. The van der Waals surface area contributed by atoms with E-state index in [0.29, 0.717) is 23.4 Å². The van der Waals surface area contributed by atoms with Gasteiger partial charge in [0.2, 0.25) is 0 Å². The lowest BCUT2D eigenvalue weighted by Crippen LogP contribution is -2.50. The van der Waals surface area contributed by atoms with E-state index in [1.54, 1.807) is 0 Å². The Balaban J connectivity index is 1.71. The van der Waals surface area contributed by atoms with Gasteiger partial charge in [-0.15, -0.1) is 0 Å². The van der Waals surface area contributed by atoms with Crippen molar-refractivity contribution < 1.29 is 10.2 Å². The molecule has 0 saturated heterocycles. The van der Waals surface area contributed by atoms with Gasteiger partial charge in [0.15, 0.2) is 0 Å². The summed E-state index contributed by atoms with van der Waals surface area (Å²) in [5.41, 5.74) is 0.346. The molecule has 6 unspecified atom stereocenters. The van der Waals surface area contributed by atoms with Crippen LogP contribution < -0.4 is 0 Å². The average molecular weight is 335 g/mol. The quantitative estimate of drug-likeness (QED) is 0.749. The van der Waals surface area contributed by atoms with Crippen molar-refractivity contribution in [1.29, 1.82) is 0 Å². The van der Waals surface area contributed by atoms with E-state index >= 15 is 0 Å². The summed E-state index contributed by atoms with van der Waals surface area (Å²) in [6, 6.07) is 0. The molecule has 0 heterocycles. The van der Waals surface area contributed by atoms with Crippen LogP contribution in [0.5, 0.6) is 0 Å². The Morgan fingerprint density at radius 2 is 1.21 bits per heavy atom. The molecule has 2 heteroatoms. The Labute approximate surface area is 148 Å². The van der Waals surface area contributed by atoms with Crippen LogP contribution in [0.2, 0.25) is 0 Å². The smallest absolute Gasteiger partial charge is 0.0712 e. The van der Waals surface area contributed by atoms with Gasteiger partial charge in [0.05, 0.1) is 5.60 Å². The Kier molecular flexibility index (Phi) is 3.94. The molecule has 2 nitrogen and oxygen atoms in total. The average Bonchev–Trinajstić information content (AvgIpc) is 3.43. The van der Waals surface area contributed by atoms with E-state index in [-0.39, 0.29) is 5.41 Å². The highest BCUT2D eigenvalue weighted by molar-refractivity contribution is 5.34. The van der Waals surface area contributed by atoms with Crippen LogP contribution in [-0.4, -0.2) is 22.4 Å². The molecule has 0 aromatic rings. The lowest BCUT2D eigenvalue weighted by atomic mass is 9.58. The first kappa shape index (κ1) is 17.3. The lowest BCUT2D eigenvalue weighted by Gasteiger charge is -2.49. The molecule has 138 valence electrons. The van der Waals surface area contributed by atoms with Gasteiger partial charge in [0, 0.05) is 12.0 Å². The molecule has 0 aromatic carbocycles. The molecule has 2 N–H and O–H groups in total. The predicted molar refractivity (Wildman–Crippen MR) is 97.6 cm³/mol. The fraction of sp³-hybridized carbons (Fsp3) is 1.00. The summed E-state index contributed by atoms with van der Waals surface area (Å²) in [7, 11) is 0. The van der Waals surface area contributed by atoms with Crippen molar-refractivity contribution in [3.8, 4) is 0 Å². The van der Waals surface area contributed by atoms with Gasteiger partial charge in [-0.05, 0) is 67.1 Å². The largest absolute Gasteiger partial charge is 0.396 e. The normalized spacial score (nSPS) is 53.1. The minimum atomic E-state index is -0.442. The number of hydrogen-bond donors (Lipinski definition) is 2. The fourth-order valence-electron chi connectivity index (χ4n) is 8.11. The summed E-state index contributed by atoms with van der Waals surface area (Å²) in [5.74, 6) is 2.13. The highest BCUT2D eigenvalue weighted by Gasteiger charge is 2.86. The van der Waals surface area contributed by atoms with E-state index in [1.165, 1.54) is 51.4 Å². The van der Waals surface area contributed by atoms with Crippen LogP contribution in [0.25, 0.3) is 0 Å². The highest BCUT2D eigenvalue weighted by atomic mass is 16.3. The van der Waals surface area contributed by atoms with Crippen molar-refractivity contribution >= 4 is 0 Å². The maximum absolute atomic E-state index is 12.0. The second-order valence-electron chi connectivity index (χ2n) is 10.2. The second-order valence-corrected chi connectivity index (χ2v) is 10.2. The van der Waals surface area contributed by atoms with Gasteiger partial charge in [0.1, 0.15) is 0 Å². The van der Waals surface area contributed by atoms with E-state index in [1.807, 2.05) is 0 Å². The van der Waals surface area contributed by atoms with E-state index < -0.39 is 5.60 Å². The molecule has 0 spiro atoms. The van der Waals surface area contributed by atoms with E-state index in [0.717, 1.165) is 31.1 Å². The molecule has 0 aliphatic heterocycles. The topological polar surface area (TPSA) is 40.5 Å². The van der Waals surface area contributed by atoms with Gasteiger partial charge in [-0.25, -0.2) is 0 Å². The molecule has 0 amide bonds. The Morgan fingerprint density at radius 3 is 1.58 bits per heavy atom. The van der Waals surface area contributed by atoms with Gasteiger partial charge in [-0.1, -0.05) is 52.9 Å². The van der Waals surface area contributed by atoms with Crippen molar-refractivity contribution in [1.82, 2.24) is 0 Å². The minimum absolute atomic E-state index is 0.149. The summed E-state index contributed by atoms with van der Waals surface area (Å²) >= 11 is 0. The number of hydrogen-bond acceptors (Lipinski definition) is 2. The van der Waals surface area contributed by atoms with Crippen LogP contribution in [-0.2, 0) is 0 Å². The van der Waals surface area contributed by atoms with Crippen LogP contribution in [0.3, 0.4) is 0 Å². The zero-order valence-electron chi connectivity index (χ0n) is 16.1. The van der Waals surface area contributed by atoms with Crippen molar-refractivity contribution in [2.24, 2.45) is 34.0 Å². The SMILES string of the molecule is CC1CC1(CCO)C1(C2(C3(O)CCCCCCC3)CC2C)CC1C. The van der Waals surface area contributed by atoms with E-state index in [4.69, 9.17) is 0 Å². The van der Waals surface area contributed by atoms with Crippen LogP contribution in [0.1, 0.15) is 91.4 Å². The van der Waals surface area contributed by atoms with Gasteiger partial charge in [-0.2, -0.15) is 0 Å². The standard InChI is InChI=1S/C22H38O2/c1-16-13-19(16,11-12-23)21(14-17(21)2)22(15-18(22)3)20(24)9-7-5-4-6-8-10-20/h16-18,23-24H,4-15H2,1-3H3. The first-order valence-corrected chi connectivity index (χ1v) is 10.7. The molecule has 0 aromatic heterocycles. The molecule has 4 fully saturated rings. The predicted octanol–water partition coefficient (Wildman–Crippen LogP) is 4.92. The van der Waals surface area contributed by atoms with Crippen LogP contribution in [0, 0.1) is 34.0 Å². The number of aliphatic hydroxyl groups excluding tert-OH is 1. The molecular formula is C22H38O2. The lowest BCUT2D eigenvalue weighted by molar-refractivity contribution is -0.117. The summed E-state index contributed by atoms with van der Waals surface area (Å²) in [5, 5.41) is 21.8. The number of rotatable bonds is 5. The van der Waals surface area contributed by atoms with Gasteiger partial charge < -0.3 is 10.2 Å². The molecule has 4 aliphatic rings. The summed E-state index contributed by atoms with van der Waals surface area (Å²) in [6.07, 6.45) is 13.2. The third-order valence-corrected chi connectivity index (χ3v) is 9.33. The van der Waals surface area contributed by atoms with Gasteiger partial charge in [0.25, 0.3) is 0 Å². The minimum Gasteiger partial charge on any atom is -0.396 e. The van der Waals surface area contributed by atoms with Crippen molar-refractivity contribution in [2.75, 3.05) is 6.61 Å². The number of aliphatic hydroxyl groups is 2. The summed E-state index contributed by atoms with van der Waals surface area (Å²) < 4.78 is 0. The Morgan fingerprint density at radius 1 is 0.750 bits per heavy atom. The maximum atomic E-state index is 12.0. The van der Waals surface area contributed by atoms with Crippen LogP contribution in [0.4, 0.5) is 0 Å². The van der Waals surface area contributed by atoms with Crippen LogP contribution >= 0.6 is 0 Å². The molecule has 4 rings (SSSR count). The summed E-state index contributed by atoms with van der Waals surface area (Å²) in [4.78, 5) is 0. The molecule has 4 aliphatic carbocycles. The molecule has 0 radical (unpaired) electrons. The van der Waals surface area contributed by atoms with Crippen molar-refractivity contribution in [3.05, 3.63) is 0 Å². The monoisotopic (exact) mass is 334 g/mol. The third-order valence-electron chi connectivity index (χ3n) is 9.33. The first-order valence-electron chi connectivity index (χ1n) is 10.7. The van der Waals surface area contributed by atoms with E-state index in [2.05, 4.69) is 20.8 Å². The molecule has 4 saturated carbocycles. The summed E-state index contributed by atoms with van der Waals surface area (Å²) in [6.45, 7) is 7.56. The molecule has 6 atom stereocenters. The van der Waals surface area contributed by atoms with E-state index in [9.17, 15) is 10.2 Å². The highest BCUT2D eigenvalue weighted by Crippen LogP contribution is 2.90. The second kappa shape index (κ2) is 5.46. The molecule has 0 bridgehead atoms. The molecular weight excluding hydrogens is 296 g/mol. The van der Waals surface area contributed by atoms with Gasteiger partial charge in [-0.3, -0.25) is 0 Å². The third kappa shape index (κ3) is 1.96. The van der Waals surface area contributed by atoms with Crippen molar-refractivity contribution in [2.45, 2.75) is 97.0 Å².